The highest BCUT2D eigenvalue weighted by atomic mass is 79.9. The van der Waals surface area contributed by atoms with Crippen molar-refractivity contribution < 1.29 is 4.84 Å². The molecule has 2 aromatic carbocycles. The Labute approximate surface area is 150 Å². The van der Waals surface area contributed by atoms with Crippen LogP contribution < -0.4 is 10.3 Å². The Bertz CT molecular complexity index is 896. The van der Waals surface area contributed by atoms with Crippen LogP contribution in [0.4, 0.5) is 5.82 Å². The van der Waals surface area contributed by atoms with Crippen molar-refractivity contribution in [3.8, 4) is 5.75 Å². The number of rotatable bonds is 4. The Kier molecular flexibility index (Phi) is 3.93. The third kappa shape index (κ3) is 2.86. The number of anilines is 1. The van der Waals surface area contributed by atoms with Crippen LogP contribution >= 0.6 is 15.9 Å². The first kappa shape index (κ1) is 15.5. The molecule has 3 nitrogen and oxygen atoms in total. The molecular formula is C20H19BrN2O. The lowest BCUT2D eigenvalue weighted by Gasteiger charge is -2.15. The van der Waals surface area contributed by atoms with Crippen LogP contribution in [0.5, 0.6) is 5.75 Å². The number of aryl methyl sites for hydroxylation is 2. The number of benzene rings is 2. The van der Waals surface area contributed by atoms with Crippen LogP contribution in [0, 0.1) is 13.8 Å². The van der Waals surface area contributed by atoms with Gasteiger partial charge in [-0.2, -0.15) is 0 Å². The molecule has 1 fully saturated rings. The van der Waals surface area contributed by atoms with E-state index in [0.29, 0.717) is 5.92 Å². The number of fused-ring (bicyclic) bond motifs is 1. The van der Waals surface area contributed by atoms with Gasteiger partial charge in [0.2, 0.25) is 0 Å². The molecule has 0 aliphatic heterocycles. The first-order chi connectivity index (χ1) is 11.6. The molecule has 1 aromatic heterocycles. The number of hydrogen-bond acceptors (Lipinski definition) is 3. The second-order valence-electron chi connectivity index (χ2n) is 6.46. The van der Waals surface area contributed by atoms with E-state index < -0.39 is 0 Å². The maximum Gasteiger partial charge on any atom is 0.164 e. The summed E-state index contributed by atoms with van der Waals surface area (Å²) in [4.78, 5) is 10.4. The van der Waals surface area contributed by atoms with Gasteiger partial charge in [-0.3, -0.25) is 0 Å². The van der Waals surface area contributed by atoms with Crippen molar-refractivity contribution in [3.63, 3.8) is 0 Å². The summed E-state index contributed by atoms with van der Waals surface area (Å²) in [6.07, 6.45) is 4.35. The van der Waals surface area contributed by atoms with E-state index in [9.17, 15) is 0 Å². The molecule has 0 unspecified atom stereocenters. The normalized spacial score (nSPS) is 14.0. The fraction of sp³-hybridized carbons (Fsp3) is 0.250. The maximum atomic E-state index is 5.84. The number of nitrogens with one attached hydrogen (secondary N) is 1. The lowest BCUT2D eigenvalue weighted by atomic mass is 10.0. The molecule has 4 heteroatoms. The molecule has 1 aliphatic rings. The van der Waals surface area contributed by atoms with Gasteiger partial charge >= 0.3 is 0 Å². The summed E-state index contributed by atoms with van der Waals surface area (Å²) in [5.41, 5.74) is 6.67. The molecule has 122 valence electrons. The second-order valence-corrected chi connectivity index (χ2v) is 7.25. The fourth-order valence-corrected chi connectivity index (χ4v) is 3.35. The van der Waals surface area contributed by atoms with Crippen molar-refractivity contribution in [1.82, 2.24) is 4.98 Å². The van der Waals surface area contributed by atoms with E-state index in [4.69, 9.17) is 4.84 Å². The van der Waals surface area contributed by atoms with Crippen molar-refractivity contribution >= 4 is 32.5 Å². The van der Waals surface area contributed by atoms with E-state index >= 15 is 0 Å². The van der Waals surface area contributed by atoms with Crippen molar-refractivity contribution in [3.05, 3.63) is 63.8 Å². The van der Waals surface area contributed by atoms with Gasteiger partial charge in [0.15, 0.2) is 11.6 Å². The van der Waals surface area contributed by atoms with E-state index in [0.717, 1.165) is 27.2 Å². The van der Waals surface area contributed by atoms with Crippen molar-refractivity contribution in [2.45, 2.75) is 32.6 Å². The van der Waals surface area contributed by atoms with Gasteiger partial charge in [0.25, 0.3) is 0 Å². The summed E-state index contributed by atoms with van der Waals surface area (Å²) in [5, 5.41) is 2.45. The van der Waals surface area contributed by atoms with Gasteiger partial charge in [0, 0.05) is 21.6 Å². The van der Waals surface area contributed by atoms with Crippen LogP contribution in [-0.2, 0) is 0 Å². The third-order valence-electron chi connectivity index (χ3n) is 4.50. The summed E-state index contributed by atoms with van der Waals surface area (Å²) < 4.78 is 1.12. The summed E-state index contributed by atoms with van der Waals surface area (Å²) in [7, 11) is 0. The van der Waals surface area contributed by atoms with Gasteiger partial charge in [-0.15, -0.1) is 0 Å². The predicted octanol–water partition coefficient (Wildman–Crippen LogP) is 5.90. The maximum absolute atomic E-state index is 5.84. The number of hydrogen-bond donors (Lipinski definition) is 1. The minimum Gasteiger partial charge on any atom is -0.381 e. The summed E-state index contributed by atoms with van der Waals surface area (Å²) >= 11 is 3.59. The standard InChI is InChI=1S/C20H19BrN2O/c1-12-9-16(10-13(2)19(12)21)24-23-20-18(14-7-8-14)17-6-4-3-5-15(17)11-22-20/h3-6,9-11,14H,7-8H2,1-2H3,(H,22,23). The largest absolute Gasteiger partial charge is 0.381 e. The van der Waals surface area contributed by atoms with Crippen LogP contribution in [0.3, 0.4) is 0 Å². The first-order valence-corrected chi connectivity index (χ1v) is 9.00. The van der Waals surface area contributed by atoms with Gasteiger partial charge < -0.3 is 4.84 Å². The molecular weight excluding hydrogens is 364 g/mol. The van der Waals surface area contributed by atoms with Crippen LogP contribution in [0.2, 0.25) is 0 Å². The monoisotopic (exact) mass is 382 g/mol. The molecule has 0 saturated heterocycles. The lowest BCUT2D eigenvalue weighted by molar-refractivity contribution is 0.401. The van der Waals surface area contributed by atoms with Gasteiger partial charge in [0.05, 0.1) is 0 Å². The lowest BCUT2D eigenvalue weighted by Crippen LogP contribution is -2.09. The molecule has 1 N–H and O–H groups in total. The Hall–Kier alpha value is -2.07. The highest BCUT2D eigenvalue weighted by molar-refractivity contribution is 9.10. The predicted molar refractivity (Wildman–Crippen MR) is 102 cm³/mol. The molecule has 0 atom stereocenters. The Morgan fingerprint density at radius 2 is 1.83 bits per heavy atom. The molecule has 0 spiro atoms. The first-order valence-electron chi connectivity index (χ1n) is 8.20. The third-order valence-corrected chi connectivity index (χ3v) is 5.75. The molecule has 0 radical (unpaired) electrons. The fourth-order valence-electron chi connectivity index (χ4n) is 3.13. The number of aromatic nitrogens is 1. The number of nitrogens with zero attached hydrogens (tertiary/aromatic N) is 1. The van der Waals surface area contributed by atoms with E-state index in [-0.39, 0.29) is 0 Å². The molecule has 4 rings (SSSR count). The molecule has 1 heterocycles. The molecule has 3 aromatic rings. The van der Waals surface area contributed by atoms with Crippen LogP contribution in [-0.4, -0.2) is 4.98 Å². The van der Waals surface area contributed by atoms with E-state index in [1.807, 2.05) is 18.3 Å². The van der Waals surface area contributed by atoms with Crippen molar-refractivity contribution in [2.75, 3.05) is 5.48 Å². The van der Waals surface area contributed by atoms with Crippen LogP contribution in [0.1, 0.15) is 35.4 Å². The Morgan fingerprint density at radius 3 is 2.54 bits per heavy atom. The smallest absolute Gasteiger partial charge is 0.164 e. The van der Waals surface area contributed by atoms with E-state index in [1.165, 1.54) is 29.2 Å². The van der Waals surface area contributed by atoms with Gasteiger partial charge in [-0.1, -0.05) is 40.2 Å². The molecule has 24 heavy (non-hydrogen) atoms. The van der Waals surface area contributed by atoms with Crippen LogP contribution in [0.25, 0.3) is 10.8 Å². The topological polar surface area (TPSA) is 34.1 Å². The summed E-state index contributed by atoms with van der Waals surface area (Å²) in [6.45, 7) is 4.13. The van der Waals surface area contributed by atoms with Gasteiger partial charge in [0.1, 0.15) is 0 Å². The SMILES string of the molecule is Cc1cc(ONc2ncc3ccccc3c2C2CC2)cc(C)c1Br. The van der Waals surface area contributed by atoms with Crippen molar-refractivity contribution in [2.24, 2.45) is 0 Å². The molecule has 1 saturated carbocycles. The van der Waals surface area contributed by atoms with Crippen LogP contribution in [0.15, 0.2) is 47.1 Å². The number of halogens is 1. The zero-order chi connectivity index (χ0) is 16.7. The minimum atomic E-state index is 0.586. The average Bonchev–Trinajstić information content (AvgIpc) is 3.42. The molecule has 0 amide bonds. The van der Waals surface area contributed by atoms with E-state index in [2.05, 4.69) is 64.5 Å². The summed E-state index contributed by atoms with van der Waals surface area (Å²) in [5.74, 6) is 2.21. The molecule has 0 bridgehead atoms. The Morgan fingerprint density at radius 1 is 1.12 bits per heavy atom. The van der Waals surface area contributed by atoms with Gasteiger partial charge in [-0.25, -0.2) is 10.5 Å². The number of pyridine rings is 1. The van der Waals surface area contributed by atoms with E-state index in [1.54, 1.807) is 0 Å². The molecule has 1 aliphatic carbocycles. The Balaban J connectivity index is 1.66. The zero-order valence-corrected chi connectivity index (χ0v) is 15.4. The summed E-state index contributed by atoms with van der Waals surface area (Å²) in [6, 6.07) is 12.5. The zero-order valence-electron chi connectivity index (χ0n) is 13.8. The minimum absolute atomic E-state index is 0.586. The quantitative estimate of drug-likeness (QED) is 0.570. The highest BCUT2D eigenvalue weighted by Crippen LogP contribution is 2.46. The average molecular weight is 383 g/mol. The highest BCUT2D eigenvalue weighted by Gasteiger charge is 2.29. The second kappa shape index (κ2) is 6.10. The van der Waals surface area contributed by atoms with Crippen molar-refractivity contribution in [1.29, 1.82) is 0 Å². The van der Waals surface area contributed by atoms with Gasteiger partial charge in [-0.05, 0) is 61.3 Å².